The first-order valence-corrected chi connectivity index (χ1v) is 11.8. The third-order valence-corrected chi connectivity index (χ3v) is 7.43. The van der Waals surface area contributed by atoms with Crippen LogP contribution in [-0.2, 0) is 21.2 Å². The van der Waals surface area contributed by atoms with E-state index < -0.39 is 10.0 Å². The molecule has 3 rings (SSSR count). The minimum atomic E-state index is -3.45. The largest absolute Gasteiger partial charge is 0.339 e. The fourth-order valence-corrected chi connectivity index (χ4v) is 5.02. The zero-order valence-electron chi connectivity index (χ0n) is 17.6. The quantitative estimate of drug-likeness (QED) is 0.633. The lowest BCUT2D eigenvalue weighted by Gasteiger charge is -2.34. The second-order valence-electron chi connectivity index (χ2n) is 7.15. The average Bonchev–Trinajstić information content (AvgIpc) is 2.79. The van der Waals surface area contributed by atoms with Gasteiger partial charge in [-0.2, -0.15) is 4.31 Å². The van der Waals surface area contributed by atoms with E-state index in [0.29, 0.717) is 63.0 Å². The highest BCUT2D eigenvalue weighted by atomic mass is 32.2. The zero-order chi connectivity index (χ0) is 21.6. The van der Waals surface area contributed by atoms with Gasteiger partial charge < -0.3 is 9.80 Å². The summed E-state index contributed by atoms with van der Waals surface area (Å²) in [6.45, 7) is 7.27. The van der Waals surface area contributed by atoms with Crippen LogP contribution in [0.2, 0.25) is 0 Å². The molecule has 9 heteroatoms. The Morgan fingerprint density at radius 2 is 1.60 bits per heavy atom. The molecule has 0 radical (unpaired) electrons. The van der Waals surface area contributed by atoms with Crippen molar-refractivity contribution in [2.75, 3.05) is 44.2 Å². The fourth-order valence-electron chi connectivity index (χ4n) is 3.56. The van der Waals surface area contributed by atoms with Crippen molar-refractivity contribution in [1.29, 1.82) is 0 Å². The van der Waals surface area contributed by atoms with Crippen LogP contribution >= 0.6 is 0 Å². The molecule has 1 fully saturated rings. The maximum Gasteiger partial charge on any atom is 0.243 e. The van der Waals surface area contributed by atoms with Crippen LogP contribution in [0.25, 0.3) is 0 Å². The third kappa shape index (κ3) is 5.14. The summed E-state index contributed by atoms with van der Waals surface area (Å²) in [7, 11) is -3.45. The second-order valence-corrected chi connectivity index (χ2v) is 9.09. The highest BCUT2D eigenvalue weighted by Crippen LogP contribution is 2.17. The standard InChI is InChI=1S/C21H29N5O3S/c1-3-26(4-2)30(28,29)19-9-6-18(7-10-19)8-11-20(27)24-14-16-25(17-15-24)21-22-12-5-13-23-21/h5-7,9-10,12-13H,3-4,8,11,14-17H2,1-2H3. The van der Waals surface area contributed by atoms with Gasteiger partial charge in [0.2, 0.25) is 21.9 Å². The van der Waals surface area contributed by atoms with E-state index in [0.717, 1.165) is 5.56 Å². The van der Waals surface area contributed by atoms with Gasteiger partial charge in [-0.25, -0.2) is 18.4 Å². The SMILES string of the molecule is CCN(CC)S(=O)(=O)c1ccc(CCC(=O)N2CCN(c3ncccn3)CC2)cc1. The summed E-state index contributed by atoms with van der Waals surface area (Å²) in [5.41, 5.74) is 0.957. The summed E-state index contributed by atoms with van der Waals surface area (Å²) in [5.74, 6) is 0.813. The van der Waals surface area contributed by atoms with E-state index in [4.69, 9.17) is 0 Å². The lowest BCUT2D eigenvalue weighted by atomic mass is 10.1. The molecule has 2 heterocycles. The number of amides is 1. The van der Waals surface area contributed by atoms with E-state index in [9.17, 15) is 13.2 Å². The summed E-state index contributed by atoms with van der Waals surface area (Å²) >= 11 is 0. The maximum absolute atomic E-state index is 12.6. The molecule has 0 unspecified atom stereocenters. The summed E-state index contributed by atoms with van der Waals surface area (Å²) in [6, 6.07) is 8.65. The zero-order valence-corrected chi connectivity index (χ0v) is 18.4. The Morgan fingerprint density at radius 1 is 1.00 bits per heavy atom. The Bertz CT molecular complexity index is 923. The van der Waals surface area contributed by atoms with Crippen LogP contribution in [0.3, 0.4) is 0 Å². The third-order valence-electron chi connectivity index (χ3n) is 5.36. The molecule has 0 atom stereocenters. The van der Waals surface area contributed by atoms with Gasteiger partial charge in [0.25, 0.3) is 0 Å². The minimum absolute atomic E-state index is 0.114. The maximum atomic E-state index is 12.6. The van der Waals surface area contributed by atoms with Gasteiger partial charge >= 0.3 is 0 Å². The molecule has 1 aliphatic heterocycles. The van der Waals surface area contributed by atoms with E-state index in [1.165, 1.54) is 4.31 Å². The normalized spacial score (nSPS) is 14.9. The number of benzene rings is 1. The van der Waals surface area contributed by atoms with E-state index >= 15 is 0 Å². The van der Waals surface area contributed by atoms with Crippen LogP contribution in [-0.4, -0.2) is 72.8 Å². The van der Waals surface area contributed by atoms with Crippen molar-refractivity contribution >= 4 is 21.9 Å². The summed E-state index contributed by atoms with van der Waals surface area (Å²) in [5, 5.41) is 0. The molecule has 0 aliphatic carbocycles. The number of hydrogen-bond acceptors (Lipinski definition) is 6. The van der Waals surface area contributed by atoms with Gasteiger partial charge in [-0.15, -0.1) is 0 Å². The fraction of sp³-hybridized carbons (Fsp3) is 0.476. The number of anilines is 1. The van der Waals surface area contributed by atoms with E-state index in [1.807, 2.05) is 18.7 Å². The van der Waals surface area contributed by atoms with Crippen molar-refractivity contribution in [2.45, 2.75) is 31.6 Å². The first kappa shape index (κ1) is 22.2. The second kappa shape index (κ2) is 9.99. The Morgan fingerprint density at radius 3 is 2.17 bits per heavy atom. The Balaban J connectivity index is 1.51. The number of piperazine rings is 1. The molecule has 2 aromatic rings. The van der Waals surface area contributed by atoms with Crippen molar-refractivity contribution in [3.8, 4) is 0 Å². The molecular formula is C21H29N5O3S. The Hall–Kier alpha value is -2.52. The van der Waals surface area contributed by atoms with Crippen molar-refractivity contribution in [3.63, 3.8) is 0 Å². The molecule has 162 valence electrons. The first-order chi connectivity index (χ1) is 14.5. The topological polar surface area (TPSA) is 86.7 Å². The summed E-state index contributed by atoms with van der Waals surface area (Å²) in [4.78, 5) is 25.3. The molecule has 1 aromatic carbocycles. The monoisotopic (exact) mass is 431 g/mol. The molecule has 30 heavy (non-hydrogen) atoms. The lowest BCUT2D eigenvalue weighted by Crippen LogP contribution is -2.49. The van der Waals surface area contributed by atoms with Crippen molar-refractivity contribution < 1.29 is 13.2 Å². The van der Waals surface area contributed by atoms with Gasteiger partial charge in [0.05, 0.1) is 4.90 Å². The number of carbonyl (C=O) groups is 1. The van der Waals surface area contributed by atoms with Gasteiger partial charge in [0.15, 0.2) is 0 Å². The smallest absolute Gasteiger partial charge is 0.243 e. The summed E-state index contributed by atoms with van der Waals surface area (Å²) < 4.78 is 26.6. The number of sulfonamides is 1. The van der Waals surface area contributed by atoms with E-state index in [-0.39, 0.29) is 5.91 Å². The van der Waals surface area contributed by atoms with Gasteiger partial charge in [-0.1, -0.05) is 26.0 Å². The Kier molecular flexibility index (Phi) is 7.38. The molecular weight excluding hydrogens is 402 g/mol. The molecule has 1 amide bonds. The number of carbonyl (C=O) groups excluding carboxylic acids is 1. The van der Waals surface area contributed by atoms with Gasteiger partial charge in [-0.05, 0) is 30.2 Å². The van der Waals surface area contributed by atoms with Crippen molar-refractivity contribution in [2.24, 2.45) is 0 Å². The van der Waals surface area contributed by atoms with Crippen LogP contribution in [0.15, 0.2) is 47.6 Å². The number of aryl methyl sites for hydroxylation is 1. The van der Waals surface area contributed by atoms with Gasteiger partial charge in [0, 0.05) is 58.1 Å². The molecule has 0 saturated carbocycles. The number of hydrogen-bond donors (Lipinski definition) is 0. The van der Waals surface area contributed by atoms with Crippen LogP contribution in [0.5, 0.6) is 0 Å². The number of rotatable bonds is 8. The lowest BCUT2D eigenvalue weighted by molar-refractivity contribution is -0.131. The van der Waals surface area contributed by atoms with Crippen molar-refractivity contribution in [1.82, 2.24) is 19.2 Å². The molecule has 0 N–H and O–H groups in total. The molecule has 0 bridgehead atoms. The van der Waals surface area contributed by atoms with Gasteiger partial charge in [-0.3, -0.25) is 4.79 Å². The molecule has 0 spiro atoms. The molecule has 1 saturated heterocycles. The molecule has 1 aliphatic rings. The van der Waals surface area contributed by atoms with Crippen molar-refractivity contribution in [3.05, 3.63) is 48.3 Å². The molecule has 1 aromatic heterocycles. The Labute approximate surface area is 178 Å². The van der Waals surface area contributed by atoms with Crippen LogP contribution in [0.1, 0.15) is 25.8 Å². The first-order valence-electron chi connectivity index (χ1n) is 10.3. The highest BCUT2D eigenvalue weighted by molar-refractivity contribution is 7.89. The highest BCUT2D eigenvalue weighted by Gasteiger charge is 2.23. The van der Waals surface area contributed by atoms with E-state index in [2.05, 4.69) is 14.9 Å². The predicted octanol–water partition coefficient (Wildman–Crippen LogP) is 1.79. The minimum Gasteiger partial charge on any atom is -0.339 e. The van der Waals surface area contributed by atoms with Crippen LogP contribution in [0.4, 0.5) is 5.95 Å². The predicted molar refractivity (Wildman–Crippen MR) is 116 cm³/mol. The molecule has 8 nitrogen and oxygen atoms in total. The summed E-state index contributed by atoms with van der Waals surface area (Å²) in [6.07, 6.45) is 4.44. The van der Waals surface area contributed by atoms with Gasteiger partial charge in [0.1, 0.15) is 0 Å². The number of nitrogens with zero attached hydrogens (tertiary/aromatic N) is 5. The van der Waals surface area contributed by atoms with Crippen LogP contribution in [0, 0.1) is 0 Å². The van der Waals surface area contributed by atoms with E-state index in [1.54, 1.807) is 42.7 Å². The van der Waals surface area contributed by atoms with Crippen LogP contribution < -0.4 is 4.90 Å². The number of aromatic nitrogens is 2. The average molecular weight is 432 g/mol.